The minimum Gasteiger partial charge on any atom is -0.418 e. The van der Waals surface area contributed by atoms with Crippen LogP contribution in [0, 0.1) is 52.3 Å². The molecule has 1 nitrogen and oxygen atoms in total. The molecule has 0 saturated heterocycles. The van der Waals surface area contributed by atoms with Crippen LogP contribution >= 0.6 is 7.49 Å². The Morgan fingerprint density at radius 3 is 1.67 bits per heavy atom. The molecule has 9 atom stereocenters. The van der Waals surface area contributed by atoms with Gasteiger partial charge in [0.1, 0.15) is 22.0 Å². The Morgan fingerprint density at radius 1 is 0.654 bits per heavy atom. The normalized spacial score (nSPS) is 32.2. The smallest absolute Gasteiger partial charge is 0.418 e. The molecule has 7 heteroatoms. The summed E-state index contributed by atoms with van der Waals surface area (Å²) in [5.41, 5.74) is 1.05. The van der Waals surface area contributed by atoms with E-state index < -0.39 is 14.7 Å². The van der Waals surface area contributed by atoms with E-state index in [0.29, 0.717) is 16.9 Å². The van der Waals surface area contributed by atoms with Crippen LogP contribution in [0.5, 0.6) is 0 Å². The van der Waals surface area contributed by atoms with Crippen LogP contribution in [0.4, 0.5) is 17.3 Å². The number of hydrogen-bond donors (Lipinski definition) is 0. The second-order valence-electron chi connectivity index (χ2n) is 17.8. The van der Waals surface area contributed by atoms with Crippen molar-refractivity contribution in [2.75, 3.05) is 0 Å². The maximum atomic E-state index is 9.75. The van der Waals surface area contributed by atoms with Crippen LogP contribution in [-0.4, -0.2) is 13.4 Å². The van der Waals surface area contributed by atoms with Crippen molar-refractivity contribution in [2.24, 2.45) is 52.3 Å². The molecule has 0 spiro atoms. The lowest BCUT2D eigenvalue weighted by Gasteiger charge is -2.61. The number of halogens is 4. The summed E-state index contributed by atoms with van der Waals surface area (Å²) in [5.74, 6) is 6.27. The Labute approximate surface area is 312 Å². The zero-order chi connectivity index (χ0) is 37.1. The van der Waals surface area contributed by atoms with Gasteiger partial charge in [0.25, 0.3) is 0 Å². The lowest BCUT2D eigenvalue weighted by Crippen LogP contribution is -2.54. The Morgan fingerprint density at radius 2 is 1.15 bits per heavy atom. The molecule has 4 aliphatic rings. The molecule has 52 heavy (non-hydrogen) atoms. The molecule has 3 aromatic carbocycles. The molecule has 3 aromatic rings. The highest BCUT2D eigenvalue weighted by atomic mass is 31.2. The Bertz CT molecular complexity index is 1450. The third-order valence-electron chi connectivity index (χ3n) is 14.5. The molecule has 0 aliphatic heterocycles. The fourth-order valence-corrected chi connectivity index (χ4v) is 15.8. The average molecular weight is 737 g/mol. The third kappa shape index (κ3) is 8.24. The zero-order valence-corrected chi connectivity index (χ0v) is 33.1. The molecule has 0 amide bonds. The van der Waals surface area contributed by atoms with Crippen molar-refractivity contribution < 1.29 is 21.8 Å². The molecule has 4 aliphatic carbocycles. The van der Waals surface area contributed by atoms with Crippen LogP contribution in [0.15, 0.2) is 91.0 Å². The van der Waals surface area contributed by atoms with Crippen LogP contribution in [0.3, 0.4) is 0 Å². The van der Waals surface area contributed by atoms with Crippen LogP contribution in [-0.2, 0) is 4.52 Å². The molecule has 0 aromatic heterocycles. The number of benzene rings is 3. The summed E-state index contributed by atoms with van der Waals surface area (Å²) >= 11 is 0. The first kappa shape index (κ1) is 39.5. The molecule has 0 radical (unpaired) electrons. The summed E-state index contributed by atoms with van der Waals surface area (Å²) in [4.78, 5) is 0. The Hall–Kier alpha value is -2.17. The summed E-state index contributed by atoms with van der Waals surface area (Å²) in [7, 11) is -8.27. The summed E-state index contributed by atoms with van der Waals surface area (Å²) < 4.78 is 46.8. The van der Waals surface area contributed by atoms with Crippen molar-refractivity contribution in [3.8, 4) is 0 Å². The topological polar surface area (TPSA) is 9.23 Å². The van der Waals surface area contributed by atoms with Crippen molar-refractivity contribution in [1.82, 2.24) is 0 Å². The van der Waals surface area contributed by atoms with Gasteiger partial charge in [0.15, 0.2) is 0 Å². The average Bonchev–Trinajstić information content (AvgIpc) is 3.48. The Kier molecular flexibility index (Phi) is 12.4. The molecular weight excluding hydrogens is 674 g/mol. The summed E-state index contributed by atoms with van der Waals surface area (Å²) in [5, 5.41) is 4.03. The van der Waals surface area contributed by atoms with E-state index in [4.69, 9.17) is 4.52 Å². The molecule has 0 N–H and O–H groups in total. The van der Waals surface area contributed by atoms with Gasteiger partial charge in [-0.05, 0) is 146 Å². The molecular formula is C45H62BF4OP. The van der Waals surface area contributed by atoms with E-state index in [-0.39, 0.29) is 0 Å². The first-order valence-corrected chi connectivity index (χ1v) is 22.1. The van der Waals surface area contributed by atoms with Gasteiger partial charge in [0.05, 0.1) is 0 Å². The molecule has 7 rings (SSSR count). The quantitative estimate of drug-likeness (QED) is 0.114. The second-order valence-corrected chi connectivity index (χ2v) is 20.8. The maximum absolute atomic E-state index is 9.75. The zero-order valence-electron chi connectivity index (χ0n) is 32.2. The van der Waals surface area contributed by atoms with Gasteiger partial charge in [-0.1, -0.05) is 108 Å². The predicted octanol–water partition coefficient (Wildman–Crippen LogP) is 12.7. The first-order valence-electron chi connectivity index (χ1n) is 20.4. The van der Waals surface area contributed by atoms with Crippen molar-refractivity contribution >= 4 is 30.7 Å². The highest BCUT2D eigenvalue weighted by Gasteiger charge is 2.61. The van der Waals surface area contributed by atoms with E-state index in [1.165, 1.54) is 93.0 Å². The van der Waals surface area contributed by atoms with Gasteiger partial charge in [-0.2, -0.15) is 0 Å². The monoisotopic (exact) mass is 736 g/mol. The highest BCUT2D eigenvalue weighted by molar-refractivity contribution is 7.91. The largest absolute Gasteiger partial charge is 0.673 e. The van der Waals surface area contributed by atoms with Gasteiger partial charge in [0, 0.05) is 0 Å². The minimum absolute atomic E-state index is 0.301. The third-order valence-corrected chi connectivity index (χ3v) is 18.2. The Balaban J connectivity index is 0.000000870. The summed E-state index contributed by atoms with van der Waals surface area (Å²) in [6, 6.07) is 33.6. The van der Waals surface area contributed by atoms with Crippen LogP contribution in [0.1, 0.15) is 112 Å². The molecule has 0 heterocycles. The van der Waals surface area contributed by atoms with Crippen LogP contribution < -0.4 is 15.9 Å². The van der Waals surface area contributed by atoms with Crippen molar-refractivity contribution in [2.45, 2.75) is 118 Å². The van der Waals surface area contributed by atoms with Gasteiger partial charge >= 0.3 is 7.25 Å². The standard InChI is InChI=1S/C45H62OP.BF4/c1-33(2)16-15-17-34(3)41-26-27-42-40-25-24-35-32-36(28-30-44(35,4)43(40)29-31-45(41,42)5)46-47(37-18-9-6-10-19-37,38-20-11-7-12-21-38)39-22-13-8-14-23-39;2-1(3,4)5/h6-14,18-23,33-36,40-43H,15-17,24-32H2,1-5H3;/q+1;-1/t34-,35+,36+,40+,41-,42+,43+,44+,45-;/m1./s1. The van der Waals surface area contributed by atoms with Crippen molar-refractivity contribution in [3.63, 3.8) is 0 Å². The second kappa shape index (κ2) is 16.3. The fraction of sp³-hybridized carbons (Fsp3) is 0.600. The molecule has 4 fully saturated rings. The lowest BCUT2D eigenvalue weighted by atomic mass is 9.44. The van der Waals surface area contributed by atoms with Gasteiger partial charge in [-0.15, -0.1) is 0 Å². The summed E-state index contributed by atoms with van der Waals surface area (Å²) in [6.45, 7) is 12.9. The van der Waals surface area contributed by atoms with Crippen LogP contribution in [0.2, 0.25) is 0 Å². The van der Waals surface area contributed by atoms with Crippen molar-refractivity contribution in [3.05, 3.63) is 91.0 Å². The van der Waals surface area contributed by atoms with E-state index in [1.807, 2.05) is 0 Å². The number of hydrogen-bond acceptors (Lipinski definition) is 1. The van der Waals surface area contributed by atoms with Gasteiger partial charge in [-0.3, -0.25) is 0 Å². The van der Waals surface area contributed by atoms with E-state index >= 15 is 0 Å². The van der Waals surface area contributed by atoms with Crippen LogP contribution in [0.25, 0.3) is 0 Å². The summed E-state index contributed by atoms with van der Waals surface area (Å²) in [6.07, 6.45) is 17.1. The molecule has 284 valence electrons. The number of rotatable bonds is 10. The lowest BCUT2D eigenvalue weighted by molar-refractivity contribution is -0.126. The van der Waals surface area contributed by atoms with E-state index in [1.54, 1.807) is 0 Å². The van der Waals surface area contributed by atoms with Gasteiger partial charge in [0.2, 0.25) is 7.49 Å². The first-order chi connectivity index (χ1) is 24.8. The van der Waals surface area contributed by atoms with E-state index in [9.17, 15) is 17.3 Å². The fourth-order valence-electron chi connectivity index (χ4n) is 12.1. The predicted molar refractivity (Wildman–Crippen MR) is 213 cm³/mol. The minimum atomic E-state index is -6.00. The highest BCUT2D eigenvalue weighted by Crippen LogP contribution is 2.69. The number of fused-ring (bicyclic) bond motifs is 5. The maximum Gasteiger partial charge on any atom is 0.673 e. The molecule has 4 saturated carbocycles. The SMILES string of the molecule is CC(C)CCC[C@@H](C)[C@H]1CC[C@H]2[C@@H]3CC[C@H]4C[C@@H](O[P+](c5ccccc5)(c5ccccc5)c5ccccc5)CC[C@]4(C)[C@H]3CC[C@]12C.F[B-](F)(F)F. The van der Waals surface area contributed by atoms with E-state index in [0.717, 1.165) is 41.4 Å². The van der Waals surface area contributed by atoms with Crippen molar-refractivity contribution in [1.29, 1.82) is 0 Å². The van der Waals surface area contributed by atoms with E-state index in [2.05, 4.69) is 126 Å². The molecule has 0 unspecified atom stereocenters. The van der Waals surface area contributed by atoms with Gasteiger partial charge < -0.3 is 17.3 Å². The molecule has 0 bridgehead atoms. The van der Waals surface area contributed by atoms with Gasteiger partial charge in [-0.25, -0.2) is 4.52 Å².